The van der Waals surface area contributed by atoms with Crippen molar-refractivity contribution in [3.8, 4) is 5.75 Å². The monoisotopic (exact) mass is 417 g/mol. The molecule has 2 rings (SSSR count). The number of nitrogens with one attached hydrogen (secondary N) is 2. The van der Waals surface area contributed by atoms with E-state index in [1.807, 2.05) is 13.1 Å². The third kappa shape index (κ3) is 8.92. The highest BCUT2D eigenvalue weighted by Crippen LogP contribution is 2.27. The van der Waals surface area contributed by atoms with Gasteiger partial charge in [-0.1, -0.05) is 31.4 Å². The molecule has 1 fully saturated rings. The normalized spacial score (nSPS) is 16.1. The quantitative estimate of drug-likeness (QED) is 0.292. The summed E-state index contributed by atoms with van der Waals surface area (Å²) in [5, 5.41) is 7.04. The third-order valence-corrected chi connectivity index (χ3v) is 5.82. The zero-order valence-corrected chi connectivity index (χ0v) is 19.6. The van der Waals surface area contributed by atoms with Gasteiger partial charge in [-0.2, -0.15) is 0 Å². The van der Waals surface area contributed by atoms with Gasteiger partial charge in [0.1, 0.15) is 5.75 Å². The Morgan fingerprint density at radius 2 is 1.83 bits per heavy atom. The molecule has 1 atom stereocenters. The zero-order chi connectivity index (χ0) is 21.6. The highest BCUT2D eigenvalue weighted by molar-refractivity contribution is 5.79. The molecule has 0 aliphatic carbocycles. The number of hydrogen-bond donors (Lipinski definition) is 2. The van der Waals surface area contributed by atoms with Crippen LogP contribution < -0.4 is 15.4 Å². The Hall–Kier alpha value is -1.79. The zero-order valence-electron chi connectivity index (χ0n) is 19.6. The SMILES string of the molecule is CN=C(NCCCCCCCN(C)C)NCC(c1cccc(OC)c1)N1CCCC1. The molecule has 0 amide bonds. The molecule has 1 unspecified atom stereocenters. The van der Waals surface area contributed by atoms with Crippen LogP contribution in [0.1, 0.15) is 56.6 Å². The van der Waals surface area contributed by atoms with E-state index in [4.69, 9.17) is 4.74 Å². The summed E-state index contributed by atoms with van der Waals surface area (Å²) in [6.45, 7) is 5.32. The molecule has 0 radical (unpaired) electrons. The van der Waals surface area contributed by atoms with Crippen molar-refractivity contribution in [3.05, 3.63) is 29.8 Å². The summed E-state index contributed by atoms with van der Waals surface area (Å²) >= 11 is 0. The van der Waals surface area contributed by atoms with Gasteiger partial charge >= 0.3 is 0 Å². The Balaban J connectivity index is 1.76. The summed E-state index contributed by atoms with van der Waals surface area (Å²) in [5.74, 6) is 1.82. The molecule has 1 saturated heterocycles. The molecule has 1 aliphatic rings. The first-order chi connectivity index (χ1) is 14.6. The molecule has 0 saturated carbocycles. The molecular weight excluding hydrogens is 374 g/mol. The molecule has 0 bridgehead atoms. The molecule has 2 N–H and O–H groups in total. The van der Waals surface area contributed by atoms with Crippen molar-refractivity contribution in [2.75, 3.05) is 61.0 Å². The van der Waals surface area contributed by atoms with E-state index in [9.17, 15) is 0 Å². The number of hydrogen-bond acceptors (Lipinski definition) is 4. The first kappa shape index (κ1) is 24.5. The van der Waals surface area contributed by atoms with E-state index in [2.05, 4.69) is 57.7 Å². The first-order valence-electron chi connectivity index (χ1n) is 11.6. The van der Waals surface area contributed by atoms with Gasteiger partial charge in [-0.25, -0.2) is 0 Å². The lowest BCUT2D eigenvalue weighted by molar-refractivity contribution is 0.245. The van der Waals surface area contributed by atoms with Crippen LogP contribution in [-0.4, -0.2) is 76.7 Å². The Kier molecular flexibility index (Phi) is 11.6. The Labute approximate surface area is 184 Å². The van der Waals surface area contributed by atoms with Crippen molar-refractivity contribution >= 4 is 5.96 Å². The lowest BCUT2D eigenvalue weighted by atomic mass is 10.1. The number of guanidine groups is 1. The largest absolute Gasteiger partial charge is 0.497 e. The van der Waals surface area contributed by atoms with Gasteiger partial charge in [-0.15, -0.1) is 0 Å². The summed E-state index contributed by atoms with van der Waals surface area (Å²) in [6, 6.07) is 8.80. The van der Waals surface area contributed by atoms with Gasteiger partial charge in [0.15, 0.2) is 5.96 Å². The molecule has 1 heterocycles. The molecule has 170 valence electrons. The fourth-order valence-electron chi connectivity index (χ4n) is 4.06. The summed E-state index contributed by atoms with van der Waals surface area (Å²) < 4.78 is 5.45. The molecule has 6 heteroatoms. The number of nitrogens with zero attached hydrogens (tertiary/aromatic N) is 3. The van der Waals surface area contributed by atoms with Gasteiger partial charge in [-0.3, -0.25) is 9.89 Å². The van der Waals surface area contributed by atoms with Crippen molar-refractivity contribution in [2.24, 2.45) is 4.99 Å². The highest BCUT2D eigenvalue weighted by atomic mass is 16.5. The molecule has 1 aliphatic heterocycles. The maximum Gasteiger partial charge on any atom is 0.191 e. The van der Waals surface area contributed by atoms with Crippen LogP contribution in [0.4, 0.5) is 0 Å². The lowest BCUT2D eigenvalue weighted by Gasteiger charge is -2.29. The fraction of sp³-hybridized carbons (Fsp3) is 0.708. The van der Waals surface area contributed by atoms with Crippen molar-refractivity contribution in [1.29, 1.82) is 0 Å². The van der Waals surface area contributed by atoms with Crippen molar-refractivity contribution in [3.63, 3.8) is 0 Å². The average Bonchev–Trinajstić information content (AvgIpc) is 3.28. The average molecular weight is 418 g/mol. The molecule has 1 aromatic rings. The summed E-state index contributed by atoms with van der Waals surface area (Å²) in [6.07, 6.45) is 8.96. The first-order valence-corrected chi connectivity index (χ1v) is 11.6. The fourth-order valence-corrected chi connectivity index (χ4v) is 4.06. The minimum atomic E-state index is 0.331. The summed E-state index contributed by atoms with van der Waals surface area (Å²) in [5.41, 5.74) is 1.30. The van der Waals surface area contributed by atoms with Crippen molar-refractivity contribution in [1.82, 2.24) is 20.4 Å². The van der Waals surface area contributed by atoms with Crippen LogP contribution in [0.25, 0.3) is 0 Å². The Bertz CT molecular complexity index is 613. The number of likely N-dealkylation sites (tertiary alicyclic amines) is 1. The summed E-state index contributed by atoms with van der Waals surface area (Å²) in [7, 11) is 7.87. The second-order valence-electron chi connectivity index (χ2n) is 8.49. The molecular formula is C24H43N5O. The number of rotatable bonds is 13. The Morgan fingerprint density at radius 3 is 2.53 bits per heavy atom. The molecule has 0 aromatic heterocycles. The van der Waals surface area contributed by atoms with Gasteiger partial charge in [-0.05, 0) is 77.1 Å². The maximum absolute atomic E-state index is 5.45. The van der Waals surface area contributed by atoms with Crippen LogP contribution in [0.5, 0.6) is 5.75 Å². The van der Waals surface area contributed by atoms with Crippen LogP contribution in [-0.2, 0) is 0 Å². The number of unbranched alkanes of at least 4 members (excludes halogenated alkanes) is 4. The van der Waals surface area contributed by atoms with E-state index in [0.717, 1.165) is 37.9 Å². The predicted octanol–water partition coefficient (Wildman–Crippen LogP) is 3.51. The van der Waals surface area contributed by atoms with Gasteiger partial charge in [0.2, 0.25) is 0 Å². The number of methoxy groups -OCH3 is 1. The van der Waals surface area contributed by atoms with E-state index < -0.39 is 0 Å². The summed E-state index contributed by atoms with van der Waals surface area (Å²) in [4.78, 5) is 9.26. The highest BCUT2D eigenvalue weighted by Gasteiger charge is 2.24. The van der Waals surface area contributed by atoms with Gasteiger partial charge in [0, 0.05) is 20.1 Å². The van der Waals surface area contributed by atoms with Crippen LogP contribution in [0, 0.1) is 0 Å². The van der Waals surface area contributed by atoms with Gasteiger partial charge in [0.25, 0.3) is 0 Å². The van der Waals surface area contributed by atoms with Crippen LogP contribution in [0.2, 0.25) is 0 Å². The topological polar surface area (TPSA) is 52.1 Å². The van der Waals surface area contributed by atoms with Gasteiger partial charge < -0.3 is 20.3 Å². The second-order valence-corrected chi connectivity index (χ2v) is 8.49. The molecule has 6 nitrogen and oxygen atoms in total. The van der Waals surface area contributed by atoms with E-state index in [1.54, 1.807) is 7.11 Å². The Morgan fingerprint density at radius 1 is 1.10 bits per heavy atom. The molecule has 1 aromatic carbocycles. The standard InChI is InChI=1S/C24H43N5O/c1-25-24(26-15-8-6-5-7-9-16-28(2)3)27-20-23(29-17-10-11-18-29)21-13-12-14-22(19-21)30-4/h12-14,19,23H,5-11,15-18,20H2,1-4H3,(H2,25,26,27). The number of benzene rings is 1. The van der Waals surface area contributed by atoms with E-state index >= 15 is 0 Å². The minimum Gasteiger partial charge on any atom is -0.497 e. The molecule has 30 heavy (non-hydrogen) atoms. The van der Waals surface area contributed by atoms with E-state index in [1.165, 1.54) is 57.1 Å². The lowest BCUT2D eigenvalue weighted by Crippen LogP contribution is -2.43. The minimum absolute atomic E-state index is 0.331. The smallest absolute Gasteiger partial charge is 0.191 e. The third-order valence-electron chi connectivity index (χ3n) is 5.82. The van der Waals surface area contributed by atoms with Crippen molar-refractivity contribution in [2.45, 2.75) is 51.0 Å². The van der Waals surface area contributed by atoms with Crippen LogP contribution in [0.15, 0.2) is 29.3 Å². The van der Waals surface area contributed by atoms with E-state index in [0.29, 0.717) is 6.04 Å². The van der Waals surface area contributed by atoms with Crippen molar-refractivity contribution < 1.29 is 4.74 Å². The molecule has 0 spiro atoms. The van der Waals surface area contributed by atoms with Crippen LogP contribution >= 0.6 is 0 Å². The second kappa shape index (κ2) is 14.3. The van der Waals surface area contributed by atoms with Crippen LogP contribution in [0.3, 0.4) is 0 Å². The number of ether oxygens (including phenoxy) is 1. The number of aliphatic imine (C=N–C) groups is 1. The predicted molar refractivity (Wildman–Crippen MR) is 128 cm³/mol. The maximum atomic E-state index is 5.45. The van der Waals surface area contributed by atoms with Gasteiger partial charge in [0.05, 0.1) is 13.2 Å². The van der Waals surface area contributed by atoms with E-state index in [-0.39, 0.29) is 0 Å².